The van der Waals surface area contributed by atoms with Gasteiger partial charge in [0.15, 0.2) is 13.1 Å². The molecule has 0 N–H and O–H groups in total. The van der Waals surface area contributed by atoms with Crippen molar-refractivity contribution >= 4 is 0 Å². The summed E-state index contributed by atoms with van der Waals surface area (Å²) in [5.74, 6) is 0. The fraction of sp³-hybridized carbons (Fsp3) is 0.956. The first-order chi connectivity index (χ1) is 24.3. The summed E-state index contributed by atoms with van der Waals surface area (Å²) in [5.41, 5.74) is 0. The van der Waals surface area contributed by atoms with Crippen LogP contribution >= 0.6 is 0 Å². The highest BCUT2D eigenvalue weighted by Crippen LogP contribution is 2.16. The Balaban J connectivity index is 3.71. The van der Waals surface area contributed by atoms with Crippen molar-refractivity contribution in [2.45, 2.75) is 252 Å². The molecule has 49 heavy (non-hydrogen) atoms. The predicted molar refractivity (Wildman–Crippen MR) is 215 cm³/mol. The van der Waals surface area contributed by atoms with Crippen LogP contribution in [-0.2, 0) is 18.9 Å². The van der Waals surface area contributed by atoms with Gasteiger partial charge in [0.25, 0.3) is 0 Å². The molecule has 0 aromatic rings. The van der Waals surface area contributed by atoms with E-state index in [9.17, 15) is 0 Å². The van der Waals surface area contributed by atoms with Gasteiger partial charge in [0.1, 0.15) is 0 Å². The molecule has 0 rings (SSSR count). The molecule has 0 heterocycles. The summed E-state index contributed by atoms with van der Waals surface area (Å²) in [4.78, 5) is 0. The largest absolute Gasteiger partial charge is 0.475 e. The highest BCUT2D eigenvalue weighted by atomic mass is 16.7. The minimum atomic E-state index is 0.0146. The van der Waals surface area contributed by atoms with E-state index in [0.29, 0.717) is 6.79 Å². The van der Waals surface area contributed by atoms with E-state index in [0.717, 1.165) is 39.1 Å². The van der Waals surface area contributed by atoms with Gasteiger partial charge in [-0.2, -0.15) is 0 Å². The molecule has 4 heteroatoms. The van der Waals surface area contributed by atoms with Crippen LogP contribution in [0, 0.1) is 0 Å². The van der Waals surface area contributed by atoms with E-state index in [-0.39, 0.29) is 6.29 Å². The summed E-state index contributed by atoms with van der Waals surface area (Å²) >= 11 is 0. The zero-order chi connectivity index (χ0) is 35.4. The van der Waals surface area contributed by atoms with E-state index >= 15 is 0 Å². The second-order valence-corrected chi connectivity index (χ2v) is 14.9. The molecule has 0 aliphatic rings. The van der Waals surface area contributed by atoms with Gasteiger partial charge in [0.05, 0.1) is 12.9 Å². The van der Waals surface area contributed by atoms with Gasteiger partial charge in [-0.15, -0.1) is 0 Å². The van der Waals surface area contributed by atoms with Crippen LogP contribution < -0.4 is 0 Å². The fourth-order valence-electron chi connectivity index (χ4n) is 6.55. The Labute approximate surface area is 309 Å². The summed E-state index contributed by atoms with van der Waals surface area (Å²) in [6.07, 6.45) is 50.4. The third-order valence-corrected chi connectivity index (χ3v) is 9.90. The Morgan fingerprint density at radius 2 is 0.714 bits per heavy atom. The molecule has 294 valence electrons. The van der Waals surface area contributed by atoms with E-state index in [1.54, 1.807) is 0 Å². The minimum absolute atomic E-state index is 0.0146. The van der Waals surface area contributed by atoms with Gasteiger partial charge >= 0.3 is 0 Å². The first kappa shape index (κ1) is 48.4. The maximum Gasteiger partial charge on any atom is 0.188 e. The Morgan fingerprint density at radius 1 is 0.367 bits per heavy atom. The molecule has 4 nitrogen and oxygen atoms in total. The average Bonchev–Trinajstić information content (AvgIpc) is 3.11. The fourth-order valence-corrected chi connectivity index (χ4v) is 6.55. The van der Waals surface area contributed by atoms with Gasteiger partial charge in [-0.25, -0.2) is 0 Å². The Kier molecular flexibility index (Phi) is 44.9. The van der Waals surface area contributed by atoms with Crippen molar-refractivity contribution < 1.29 is 18.9 Å². The highest BCUT2D eigenvalue weighted by Gasteiger charge is 2.09. The van der Waals surface area contributed by atoms with E-state index in [1.165, 1.54) is 205 Å². The first-order valence-corrected chi connectivity index (χ1v) is 22.4. The molecule has 0 aromatic carbocycles. The number of unbranched alkanes of at least 4 members (excludes halogenated alkanes) is 30. The predicted octanol–water partition coefficient (Wildman–Crippen LogP) is 15.6. The van der Waals surface area contributed by atoms with Gasteiger partial charge in [0.2, 0.25) is 0 Å². The molecular formula is C45H90O4. The van der Waals surface area contributed by atoms with Gasteiger partial charge in [-0.05, 0) is 51.0 Å². The standard InChI is InChI=1S/C45H90O4/c1-4-7-10-13-16-25-30-35-40-46-44-47-41-36-31-26-23-21-19-20-22-24-29-34-39-45(48-42-37-32-27-17-14-11-8-5-2)49-43-38-33-28-18-15-12-9-6-3/h36,41,45H,4-35,37-40,42-44H2,1-3H3. The molecule has 0 saturated heterocycles. The zero-order valence-corrected chi connectivity index (χ0v) is 33.9. The molecule has 0 fully saturated rings. The van der Waals surface area contributed by atoms with Crippen LogP contribution in [0.1, 0.15) is 245 Å². The van der Waals surface area contributed by atoms with E-state index in [1.807, 2.05) is 6.26 Å². The van der Waals surface area contributed by atoms with Crippen LogP contribution in [0.15, 0.2) is 12.3 Å². The van der Waals surface area contributed by atoms with Crippen LogP contribution in [0.4, 0.5) is 0 Å². The summed E-state index contributed by atoms with van der Waals surface area (Å²) in [5, 5.41) is 0. The second-order valence-electron chi connectivity index (χ2n) is 14.9. The third-order valence-electron chi connectivity index (χ3n) is 9.90. The quantitative estimate of drug-likeness (QED) is 0.0361. The maximum atomic E-state index is 6.27. The van der Waals surface area contributed by atoms with Crippen LogP contribution in [0.2, 0.25) is 0 Å². The molecule has 0 atom stereocenters. The van der Waals surface area contributed by atoms with Crippen molar-refractivity contribution in [1.29, 1.82) is 0 Å². The Hall–Kier alpha value is -0.580. The minimum Gasteiger partial charge on any atom is -0.475 e. The molecule has 0 bridgehead atoms. The first-order valence-electron chi connectivity index (χ1n) is 22.4. The van der Waals surface area contributed by atoms with Crippen molar-refractivity contribution in [1.82, 2.24) is 0 Å². The van der Waals surface area contributed by atoms with Crippen molar-refractivity contribution in [3.63, 3.8) is 0 Å². The lowest BCUT2D eigenvalue weighted by Gasteiger charge is -2.19. The molecule has 0 unspecified atom stereocenters. The van der Waals surface area contributed by atoms with Crippen molar-refractivity contribution in [2.24, 2.45) is 0 Å². The highest BCUT2D eigenvalue weighted by molar-refractivity contribution is 4.72. The summed E-state index contributed by atoms with van der Waals surface area (Å²) in [6.45, 7) is 9.82. The molecule has 0 aromatic heterocycles. The molecular weight excluding hydrogens is 604 g/mol. The number of hydrogen-bond acceptors (Lipinski definition) is 4. The zero-order valence-electron chi connectivity index (χ0n) is 33.9. The molecule has 0 aliphatic heterocycles. The van der Waals surface area contributed by atoms with Gasteiger partial charge in [-0.3, -0.25) is 0 Å². The van der Waals surface area contributed by atoms with E-state index < -0.39 is 0 Å². The molecule has 0 saturated carbocycles. The summed E-state index contributed by atoms with van der Waals surface area (Å²) < 4.78 is 23.6. The van der Waals surface area contributed by atoms with Crippen LogP contribution in [0.3, 0.4) is 0 Å². The Morgan fingerprint density at radius 3 is 1.14 bits per heavy atom. The lowest BCUT2D eigenvalue weighted by Crippen LogP contribution is -2.19. The van der Waals surface area contributed by atoms with Gasteiger partial charge < -0.3 is 18.9 Å². The van der Waals surface area contributed by atoms with Crippen LogP contribution in [0.5, 0.6) is 0 Å². The topological polar surface area (TPSA) is 36.9 Å². The van der Waals surface area contributed by atoms with Crippen LogP contribution in [-0.4, -0.2) is 32.9 Å². The SMILES string of the molecule is CCCCCCCCCCOCOC=CCCCCCCCCCCCC(OCCCCCCCCCC)OCCCCCCCCCC. The molecule has 0 amide bonds. The molecule has 0 radical (unpaired) electrons. The molecule has 0 spiro atoms. The van der Waals surface area contributed by atoms with Crippen molar-refractivity contribution in [3.05, 3.63) is 12.3 Å². The summed E-state index contributed by atoms with van der Waals surface area (Å²) in [7, 11) is 0. The number of ether oxygens (including phenoxy) is 4. The number of hydrogen-bond donors (Lipinski definition) is 0. The van der Waals surface area contributed by atoms with Gasteiger partial charge in [0, 0.05) is 13.2 Å². The van der Waals surface area contributed by atoms with Crippen LogP contribution in [0.25, 0.3) is 0 Å². The van der Waals surface area contributed by atoms with E-state index in [4.69, 9.17) is 18.9 Å². The third kappa shape index (κ3) is 43.5. The maximum absolute atomic E-state index is 6.27. The monoisotopic (exact) mass is 695 g/mol. The smallest absolute Gasteiger partial charge is 0.188 e. The lowest BCUT2D eigenvalue weighted by atomic mass is 10.1. The number of rotatable bonds is 44. The average molecular weight is 695 g/mol. The second kappa shape index (κ2) is 45.4. The van der Waals surface area contributed by atoms with Crippen molar-refractivity contribution in [2.75, 3.05) is 26.6 Å². The lowest BCUT2D eigenvalue weighted by molar-refractivity contribution is -0.148. The van der Waals surface area contributed by atoms with Gasteiger partial charge in [-0.1, -0.05) is 201 Å². The van der Waals surface area contributed by atoms with E-state index in [2.05, 4.69) is 26.8 Å². The normalized spacial score (nSPS) is 11.8. The number of allylic oxidation sites excluding steroid dienone is 1. The summed E-state index contributed by atoms with van der Waals surface area (Å²) in [6, 6.07) is 0. The van der Waals surface area contributed by atoms with Crippen molar-refractivity contribution in [3.8, 4) is 0 Å². The Bertz CT molecular complexity index is 573. The molecule has 0 aliphatic carbocycles.